The summed E-state index contributed by atoms with van der Waals surface area (Å²) >= 11 is 1.62. The fourth-order valence-corrected chi connectivity index (χ4v) is 4.53. The number of allylic oxidation sites excluding steroid dienone is 1. The van der Waals surface area contributed by atoms with Gasteiger partial charge in [-0.25, -0.2) is 4.79 Å². The summed E-state index contributed by atoms with van der Waals surface area (Å²) in [6.07, 6.45) is 5.12. The molecule has 0 unspecified atom stereocenters. The molecular weight excluding hydrogens is 526 g/mol. The van der Waals surface area contributed by atoms with Gasteiger partial charge in [0.25, 0.3) is 0 Å². The monoisotopic (exact) mass is 563 g/mol. The van der Waals surface area contributed by atoms with E-state index in [0.717, 1.165) is 4.90 Å². The topological polar surface area (TPSA) is 123 Å². The highest BCUT2D eigenvalue weighted by Gasteiger charge is 2.35. The van der Waals surface area contributed by atoms with Crippen LogP contribution >= 0.6 is 11.8 Å². The van der Waals surface area contributed by atoms with Crippen LogP contribution in [0.1, 0.15) is 38.4 Å². The maximum atomic E-state index is 13.0. The molecule has 1 atom stereocenters. The largest absolute Gasteiger partial charge is 0.491 e. The van der Waals surface area contributed by atoms with Crippen LogP contribution in [0, 0.1) is 5.41 Å². The molecule has 8 nitrogen and oxygen atoms in total. The Kier molecular flexibility index (Phi) is 11.5. The summed E-state index contributed by atoms with van der Waals surface area (Å²) in [5.41, 5.74) is 7.71. The molecule has 0 radical (unpaired) electrons. The van der Waals surface area contributed by atoms with E-state index in [-0.39, 0.29) is 19.1 Å². The molecule has 212 valence electrons. The number of aliphatic hydroxyl groups excluding tert-OH is 1. The highest BCUT2D eigenvalue weighted by atomic mass is 32.2. The number of hydrogen-bond acceptors (Lipinski definition) is 7. The van der Waals surface area contributed by atoms with Crippen molar-refractivity contribution in [2.75, 3.05) is 35.8 Å². The van der Waals surface area contributed by atoms with Crippen LogP contribution in [0.15, 0.2) is 89.8 Å². The van der Waals surface area contributed by atoms with Gasteiger partial charge in [-0.3, -0.25) is 10.1 Å². The van der Waals surface area contributed by atoms with Gasteiger partial charge in [0, 0.05) is 21.6 Å². The van der Waals surface area contributed by atoms with Gasteiger partial charge in [0.1, 0.15) is 18.5 Å². The van der Waals surface area contributed by atoms with E-state index < -0.39 is 17.6 Å². The fraction of sp³-hybridized carbons (Fsp3) is 0.290. The van der Waals surface area contributed by atoms with Gasteiger partial charge in [-0.15, -0.1) is 11.8 Å². The first kappa shape index (κ1) is 30.6. The Labute approximate surface area is 240 Å². The summed E-state index contributed by atoms with van der Waals surface area (Å²) in [6, 6.07) is 21.9. The van der Waals surface area contributed by atoms with Crippen molar-refractivity contribution < 1.29 is 24.2 Å². The van der Waals surface area contributed by atoms with Crippen molar-refractivity contribution in [3.05, 3.63) is 90.5 Å². The molecule has 0 fully saturated rings. The second-order valence-corrected chi connectivity index (χ2v) is 10.6. The first-order chi connectivity index (χ1) is 19.2. The second-order valence-electron chi connectivity index (χ2n) is 9.75. The second kappa shape index (κ2) is 15.0. The molecule has 0 aliphatic rings. The van der Waals surface area contributed by atoms with Gasteiger partial charge in [0.2, 0.25) is 5.91 Å². The van der Waals surface area contributed by atoms with Crippen LogP contribution in [0.5, 0.6) is 5.75 Å². The molecule has 40 heavy (non-hydrogen) atoms. The lowest BCUT2D eigenvalue weighted by atomic mass is 9.78. The van der Waals surface area contributed by atoms with Crippen LogP contribution in [0.2, 0.25) is 0 Å². The van der Waals surface area contributed by atoms with E-state index in [9.17, 15) is 14.7 Å². The maximum absolute atomic E-state index is 13.0. The van der Waals surface area contributed by atoms with Crippen molar-refractivity contribution in [2.24, 2.45) is 5.41 Å². The number of thioether (sulfide) groups is 1. The molecule has 0 saturated carbocycles. The molecule has 9 heteroatoms. The average Bonchev–Trinajstić information content (AvgIpc) is 2.95. The lowest BCUT2D eigenvalue weighted by molar-refractivity contribution is -0.111. The van der Waals surface area contributed by atoms with Crippen molar-refractivity contribution in [2.45, 2.75) is 37.7 Å². The Hall–Kier alpha value is -3.95. The van der Waals surface area contributed by atoms with Crippen LogP contribution in [-0.2, 0) is 9.53 Å². The summed E-state index contributed by atoms with van der Waals surface area (Å²) in [4.78, 5) is 26.5. The number of carbonyl (C=O) groups is 2. The lowest BCUT2D eigenvalue weighted by Crippen LogP contribution is -2.29. The molecule has 3 aromatic rings. The number of nitrogens with two attached hydrogens (primary N) is 1. The van der Waals surface area contributed by atoms with E-state index in [1.807, 2.05) is 62.6 Å². The van der Waals surface area contributed by atoms with Gasteiger partial charge >= 0.3 is 6.09 Å². The Morgan fingerprint density at radius 2 is 1.73 bits per heavy atom. The van der Waals surface area contributed by atoms with Gasteiger partial charge in [-0.1, -0.05) is 50.3 Å². The summed E-state index contributed by atoms with van der Waals surface area (Å²) in [6.45, 7) is 3.97. The number of anilines is 3. The number of nitrogen functional groups attached to an aromatic ring is 1. The van der Waals surface area contributed by atoms with Gasteiger partial charge in [-0.2, -0.15) is 0 Å². The predicted molar refractivity (Wildman–Crippen MR) is 162 cm³/mol. The Bertz CT molecular complexity index is 1290. The summed E-state index contributed by atoms with van der Waals surface area (Å²) in [7, 11) is 0. The third-order valence-electron chi connectivity index (χ3n) is 6.26. The smallest absolute Gasteiger partial charge is 0.412 e. The lowest BCUT2D eigenvalue weighted by Gasteiger charge is -2.35. The molecule has 0 saturated heterocycles. The quantitative estimate of drug-likeness (QED) is 0.104. The molecule has 3 aromatic carbocycles. The van der Waals surface area contributed by atoms with Gasteiger partial charge in [0.05, 0.1) is 18.0 Å². The van der Waals surface area contributed by atoms with Crippen LogP contribution < -0.4 is 21.1 Å². The van der Waals surface area contributed by atoms with Crippen molar-refractivity contribution in [3.8, 4) is 5.75 Å². The Balaban J connectivity index is 1.74. The van der Waals surface area contributed by atoms with Crippen LogP contribution in [0.4, 0.5) is 21.9 Å². The minimum absolute atomic E-state index is 0.113. The number of ether oxygens (including phenoxy) is 2. The van der Waals surface area contributed by atoms with Crippen LogP contribution in [0.3, 0.4) is 0 Å². The molecule has 3 rings (SSSR count). The standard InChI is InChI=1S/C31H37N3O5S/c1-31(2,19-9-8-14-28(36)34-26-12-6-5-11-25(26)32)29(24-10-4-7-13-27(24)38-21-20-35)39-30(37)33-22-15-17-23(40-3)18-16-22/h4-8,10-18,29,35H,9,19-21,32H2,1-3H3,(H,33,37)(H,34,36)/b14-8+/t29-/m0/s1. The Morgan fingerprint density at radius 3 is 2.42 bits per heavy atom. The number of amides is 2. The summed E-state index contributed by atoms with van der Waals surface area (Å²) in [5, 5.41) is 14.9. The number of hydrogen-bond donors (Lipinski definition) is 4. The third-order valence-corrected chi connectivity index (χ3v) is 7.01. The molecule has 0 spiro atoms. The normalized spacial score (nSPS) is 12.1. The molecule has 0 bridgehead atoms. The van der Waals surface area contributed by atoms with Crippen molar-refractivity contribution in [1.82, 2.24) is 0 Å². The van der Waals surface area contributed by atoms with E-state index in [4.69, 9.17) is 15.2 Å². The predicted octanol–water partition coefficient (Wildman–Crippen LogP) is 6.65. The molecule has 0 aliphatic carbocycles. The first-order valence-electron chi connectivity index (χ1n) is 13.0. The number of benzene rings is 3. The number of para-hydroxylation sites is 3. The van der Waals surface area contributed by atoms with E-state index >= 15 is 0 Å². The van der Waals surface area contributed by atoms with E-state index in [1.54, 1.807) is 48.2 Å². The highest BCUT2D eigenvalue weighted by Crippen LogP contribution is 2.44. The van der Waals surface area contributed by atoms with Gasteiger partial charge in [-0.05, 0) is 67.6 Å². The number of nitrogens with one attached hydrogen (secondary N) is 2. The number of aliphatic hydroxyl groups is 1. The molecule has 2 amide bonds. The Morgan fingerprint density at radius 1 is 1.02 bits per heavy atom. The van der Waals surface area contributed by atoms with E-state index in [2.05, 4.69) is 10.6 Å². The molecular formula is C31H37N3O5S. The highest BCUT2D eigenvalue weighted by molar-refractivity contribution is 7.98. The molecule has 5 N–H and O–H groups in total. The average molecular weight is 564 g/mol. The van der Waals surface area contributed by atoms with Gasteiger partial charge in [0.15, 0.2) is 0 Å². The fourth-order valence-electron chi connectivity index (χ4n) is 4.12. The SMILES string of the molecule is CSc1ccc(NC(=O)O[C@@H](c2ccccc2OCCO)C(C)(C)CC/C=C/C(=O)Nc2ccccc2N)cc1. The van der Waals surface area contributed by atoms with Crippen LogP contribution in [-0.4, -0.2) is 36.6 Å². The zero-order valence-electron chi connectivity index (χ0n) is 23.1. The summed E-state index contributed by atoms with van der Waals surface area (Å²) < 4.78 is 11.8. The minimum atomic E-state index is -0.681. The third kappa shape index (κ3) is 9.07. The first-order valence-corrected chi connectivity index (χ1v) is 14.2. The number of carbonyl (C=O) groups excluding carboxylic acids is 2. The molecule has 0 aliphatic heterocycles. The van der Waals surface area contributed by atoms with Crippen molar-refractivity contribution in [1.29, 1.82) is 0 Å². The molecule has 0 aromatic heterocycles. The zero-order chi connectivity index (χ0) is 29.0. The minimum Gasteiger partial charge on any atom is -0.491 e. The van der Waals surface area contributed by atoms with Gasteiger partial charge < -0.3 is 25.6 Å². The van der Waals surface area contributed by atoms with Crippen molar-refractivity contribution in [3.63, 3.8) is 0 Å². The number of rotatable bonds is 13. The van der Waals surface area contributed by atoms with Crippen LogP contribution in [0.25, 0.3) is 0 Å². The zero-order valence-corrected chi connectivity index (χ0v) is 23.9. The maximum Gasteiger partial charge on any atom is 0.412 e. The van der Waals surface area contributed by atoms with Crippen molar-refractivity contribution >= 4 is 40.8 Å². The summed E-state index contributed by atoms with van der Waals surface area (Å²) in [5.74, 6) is 0.250. The van der Waals surface area contributed by atoms with E-state index in [1.165, 1.54) is 6.08 Å². The molecule has 0 heterocycles. The van der Waals surface area contributed by atoms with E-state index in [0.29, 0.717) is 41.2 Å².